The fourth-order valence-corrected chi connectivity index (χ4v) is 2.69. The summed E-state index contributed by atoms with van der Waals surface area (Å²) in [7, 11) is 0. The Hall–Kier alpha value is -0.860. The number of hydrogen-bond donors (Lipinski definition) is 2. The lowest BCUT2D eigenvalue weighted by atomic mass is 9.93. The van der Waals surface area contributed by atoms with E-state index in [4.69, 9.17) is 0 Å². The molecule has 2 N–H and O–H groups in total. The van der Waals surface area contributed by atoms with Crippen molar-refractivity contribution in [1.82, 2.24) is 10.6 Å². The van der Waals surface area contributed by atoms with Crippen molar-refractivity contribution in [1.29, 1.82) is 0 Å². The van der Waals surface area contributed by atoms with Crippen LogP contribution in [0.25, 0.3) is 0 Å². The fourth-order valence-electron chi connectivity index (χ4n) is 2.69. The second-order valence-corrected chi connectivity index (χ2v) is 5.31. The van der Waals surface area contributed by atoms with Gasteiger partial charge in [-0.05, 0) is 61.9 Å². The summed E-state index contributed by atoms with van der Waals surface area (Å²) in [5.41, 5.74) is 4.70. The number of fused-ring (bicyclic) bond motifs is 1. The predicted molar refractivity (Wildman–Crippen MR) is 71.2 cm³/mol. The van der Waals surface area contributed by atoms with Crippen molar-refractivity contribution in [3.63, 3.8) is 0 Å². The van der Waals surface area contributed by atoms with Crippen LogP contribution >= 0.6 is 0 Å². The van der Waals surface area contributed by atoms with Gasteiger partial charge in [0, 0.05) is 12.6 Å². The third kappa shape index (κ3) is 2.88. The minimum absolute atomic E-state index is 0.848. The van der Waals surface area contributed by atoms with E-state index in [1.54, 1.807) is 16.7 Å². The standard InChI is InChI=1S/C15H22N2/c1-3-12(5-2-9-17-14-6-7-14)15-11-16-10-8-13(15)4-1/h1,3-4,14,16-17H,2,5-11H2. The molecule has 2 heteroatoms. The molecule has 0 amide bonds. The zero-order valence-corrected chi connectivity index (χ0v) is 10.5. The van der Waals surface area contributed by atoms with Crippen molar-refractivity contribution >= 4 is 0 Å². The van der Waals surface area contributed by atoms with Gasteiger partial charge in [0.25, 0.3) is 0 Å². The first-order chi connectivity index (χ1) is 8.43. The molecule has 0 bridgehead atoms. The molecule has 3 rings (SSSR count). The lowest BCUT2D eigenvalue weighted by Crippen LogP contribution is -2.25. The zero-order chi connectivity index (χ0) is 11.5. The molecule has 1 aromatic rings. The van der Waals surface area contributed by atoms with Crippen molar-refractivity contribution in [2.75, 3.05) is 13.1 Å². The van der Waals surface area contributed by atoms with E-state index in [-0.39, 0.29) is 0 Å². The van der Waals surface area contributed by atoms with E-state index < -0.39 is 0 Å². The molecule has 1 aromatic carbocycles. The van der Waals surface area contributed by atoms with Crippen LogP contribution in [-0.2, 0) is 19.4 Å². The first-order valence-corrected chi connectivity index (χ1v) is 6.97. The van der Waals surface area contributed by atoms with Crippen molar-refractivity contribution in [2.45, 2.75) is 44.7 Å². The molecule has 0 saturated heterocycles. The first kappa shape index (κ1) is 11.2. The lowest BCUT2D eigenvalue weighted by molar-refractivity contribution is 0.621. The summed E-state index contributed by atoms with van der Waals surface area (Å²) < 4.78 is 0. The van der Waals surface area contributed by atoms with Crippen LogP contribution < -0.4 is 10.6 Å². The SMILES string of the molecule is c1cc(CCCNC2CC2)c2c(c1)CCNC2. The van der Waals surface area contributed by atoms with Gasteiger partial charge in [-0.15, -0.1) is 0 Å². The van der Waals surface area contributed by atoms with E-state index in [0.29, 0.717) is 0 Å². The molecule has 1 saturated carbocycles. The summed E-state index contributed by atoms with van der Waals surface area (Å²) in [5.74, 6) is 0. The molecular weight excluding hydrogens is 208 g/mol. The van der Waals surface area contributed by atoms with Gasteiger partial charge < -0.3 is 10.6 Å². The Morgan fingerprint density at radius 1 is 1.29 bits per heavy atom. The maximum absolute atomic E-state index is 3.59. The van der Waals surface area contributed by atoms with E-state index in [0.717, 1.165) is 19.1 Å². The second-order valence-electron chi connectivity index (χ2n) is 5.31. The second kappa shape index (κ2) is 5.19. The molecule has 2 aliphatic rings. The van der Waals surface area contributed by atoms with Crippen LogP contribution in [0.4, 0.5) is 0 Å². The van der Waals surface area contributed by atoms with Gasteiger partial charge in [-0.3, -0.25) is 0 Å². The van der Waals surface area contributed by atoms with Crippen LogP contribution in [0, 0.1) is 0 Å². The van der Waals surface area contributed by atoms with Gasteiger partial charge in [0.2, 0.25) is 0 Å². The Bertz CT molecular complexity index is 383. The van der Waals surface area contributed by atoms with E-state index in [2.05, 4.69) is 28.8 Å². The number of benzene rings is 1. The van der Waals surface area contributed by atoms with E-state index in [1.165, 1.54) is 38.6 Å². The largest absolute Gasteiger partial charge is 0.314 e. The Morgan fingerprint density at radius 3 is 3.12 bits per heavy atom. The molecule has 0 spiro atoms. The van der Waals surface area contributed by atoms with Crippen molar-refractivity contribution < 1.29 is 0 Å². The molecule has 2 nitrogen and oxygen atoms in total. The first-order valence-electron chi connectivity index (χ1n) is 6.97. The van der Waals surface area contributed by atoms with E-state index >= 15 is 0 Å². The lowest BCUT2D eigenvalue weighted by Gasteiger charge is -2.20. The number of rotatable bonds is 5. The van der Waals surface area contributed by atoms with Gasteiger partial charge in [0.1, 0.15) is 0 Å². The highest BCUT2D eigenvalue weighted by Gasteiger charge is 2.19. The van der Waals surface area contributed by atoms with Gasteiger partial charge in [-0.2, -0.15) is 0 Å². The average Bonchev–Trinajstić information content (AvgIpc) is 3.19. The van der Waals surface area contributed by atoms with Crippen LogP contribution in [0.15, 0.2) is 18.2 Å². The number of nitrogens with one attached hydrogen (secondary N) is 2. The highest BCUT2D eigenvalue weighted by molar-refractivity contribution is 5.37. The quantitative estimate of drug-likeness (QED) is 0.756. The van der Waals surface area contributed by atoms with Gasteiger partial charge in [-0.25, -0.2) is 0 Å². The Morgan fingerprint density at radius 2 is 2.24 bits per heavy atom. The Labute approximate surface area is 104 Å². The molecule has 1 heterocycles. The highest BCUT2D eigenvalue weighted by atomic mass is 14.9. The third-order valence-electron chi connectivity index (χ3n) is 3.88. The van der Waals surface area contributed by atoms with Gasteiger partial charge in [0.15, 0.2) is 0 Å². The molecule has 0 radical (unpaired) electrons. The molecule has 92 valence electrons. The molecule has 0 aromatic heterocycles. The average molecular weight is 230 g/mol. The monoisotopic (exact) mass is 230 g/mol. The topological polar surface area (TPSA) is 24.1 Å². The maximum Gasteiger partial charge on any atom is 0.0211 e. The highest BCUT2D eigenvalue weighted by Crippen LogP contribution is 2.21. The van der Waals surface area contributed by atoms with Crippen LogP contribution in [-0.4, -0.2) is 19.1 Å². The predicted octanol–water partition coefficient (Wildman–Crippen LogP) is 2.02. The molecule has 1 aliphatic heterocycles. The molecule has 1 fully saturated rings. The summed E-state index contributed by atoms with van der Waals surface area (Å²) in [5, 5.41) is 7.08. The van der Waals surface area contributed by atoms with E-state index in [1.807, 2.05) is 0 Å². The Kier molecular flexibility index (Phi) is 3.44. The smallest absolute Gasteiger partial charge is 0.0211 e. The minimum atomic E-state index is 0.848. The van der Waals surface area contributed by atoms with Gasteiger partial charge in [-0.1, -0.05) is 18.2 Å². The molecule has 0 unspecified atom stereocenters. The normalized spacial score (nSPS) is 19.1. The molecule has 0 atom stereocenters. The fraction of sp³-hybridized carbons (Fsp3) is 0.600. The zero-order valence-electron chi connectivity index (χ0n) is 10.5. The summed E-state index contributed by atoms with van der Waals surface area (Å²) >= 11 is 0. The van der Waals surface area contributed by atoms with Crippen LogP contribution in [0.5, 0.6) is 0 Å². The van der Waals surface area contributed by atoms with Crippen LogP contribution in [0.1, 0.15) is 36.0 Å². The molecular formula is C15H22N2. The Balaban J connectivity index is 1.57. The van der Waals surface area contributed by atoms with Crippen molar-refractivity contribution in [3.05, 3.63) is 34.9 Å². The number of hydrogen-bond acceptors (Lipinski definition) is 2. The van der Waals surface area contributed by atoms with E-state index in [9.17, 15) is 0 Å². The molecule has 1 aliphatic carbocycles. The minimum Gasteiger partial charge on any atom is -0.314 e. The maximum atomic E-state index is 3.59. The summed E-state index contributed by atoms with van der Waals surface area (Å²) in [6.07, 6.45) is 6.48. The van der Waals surface area contributed by atoms with Crippen LogP contribution in [0.2, 0.25) is 0 Å². The third-order valence-corrected chi connectivity index (χ3v) is 3.88. The summed E-state index contributed by atoms with van der Waals surface area (Å²) in [6, 6.07) is 7.68. The van der Waals surface area contributed by atoms with Crippen molar-refractivity contribution in [2.24, 2.45) is 0 Å². The van der Waals surface area contributed by atoms with Crippen molar-refractivity contribution in [3.8, 4) is 0 Å². The molecule has 17 heavy (non-hydrogen) atoms. The van der Waals surface area contributed by atoms with Gasteiger partial charge in [0.05, 0.1) is 0 Å². The summed E-state index contributed by atoms with van der Waals surface area (Å²) in [6.45, 7) is 3.39. The summed E-state index contributed by atoms with van der Waals surface area (Å²) in [4.78, 5) is 0. The van der Waals surface area contributed by atoms with Crippen LogP contribution in [0.3, 0.4) is 0 Å². The van der Waals surface area contributed by atoms with Gasteiger partial charge >= 0.3 is 0 Å². The number of aryl methyl sites for hydroxylation is 1.